The van der Waals surface area contributed by atoms with Crippen molar-refractivity contribution in [2.75, 3.05) is 0 Å². The van der Waals surface area contributed by atoms with Crippen molar-refractivity contribution in [3.63, 3.8) is 0 Å². The largest absolute Gasteiger partial charge is 0.368 e. The maximum Gasteiger partial charge on any atom is 0.237 e. The lowest BCUT2D eigenvalue weighted by Crippen LogP contribution is -2.49. The van der Waals surface area contributed by atoms with Crippen molar-refractivity contribution < 1.29 is 4.79 Å². The van der Waals surface area contributed by atoms with E-state index in [4.69, 9.17) is 11.5 Å². The fourth-order valence-corrected chi connectivity index (χ4v) is 2.26. The minimum atomic E-state index is -0.991. The molecular weight excluding hydrogens is 252 g/mol. The molecule has 0 spiro atoms. The number of primary amides is 1. The summed E-state index contributed by atoms with van der Waals surface area (Å²) in [6, 6.07) is 8.01. The van der Waals surface area contributed by atoms with Gasteiger partial charge < -0.3 is 16.0 Å². The normalized spacial score (nSPS) is 14.3. The van der Waals surface area contributed by atoms with Gasteiger partial charge in [-0.3, -0.25) is 4.79 Å². The Morgan fingerprint density at radius 1 is 1.40 bits per heavy atom. The van der Waals surface area contributed by atoms with Gasteiger partial charge in [0.25, 0.3) is 0 Å². The predicted octanol–water partition coefficient (Wildman–Crippen LogP) is 1.58. The van der Waals surface area contributed by atoms with Crippen molar-refractivity contribution >= 4 is 16.9 Å². The van der Waals surface area contributed by atoms with Crippen molar-refractivity contribution in [2.45, 2.75) is 45.2 Å². The summed E-state index contributed by atoms with van der Waals surface area (Å²) in [6.45, 7) is 4.44. The number of carbonyl (C=O) groups excluding carboxylic acids is 1. The highest BCUT2D eigenvalue weighted by atomic mass is 16.1. The molecule has 5 heteroatoms. The molecule has 0 bridgehead atoms. The van der Waals surface area contributed by atoms with E-state index in [0.717, 1.165) is 29.7 Å². The van der Waals surface area contributed by atoms with Gasteiger partial charge in [-0.1, -0.05) is 19.1 Å². The lowest BCUT2D eigenvalue weighted by atomic mass is 9.98. The number of hydrogen-bond donors (Lipinski definition) is 2. The molecule has 0 radical (unpaired) electrons. The first-order valence-corrected chi connectivity index (χ1v) is 6.98. The molecule has 2 aromatic rings. The van der Waals surface area contributed by atoms with Crippen LogP contribution in [0.4, 0.5) is 0 Å². The van der Waals surface area contributed by atoms with Crippen LogP contribution >= 0.6 is 0 Å². The number of benzene rings is 1. The zero-order chi connectivity index (χ0) is 14.8. The second kappa shape index (κ2) is 5.63. The summed E-state index contributed by atoms with van der Waals surface area (Å²) in [5.74, 6) is 0.563. The number of fused-ring (bicyclic) bond motifs is 1. The molecule has 20 heavy (non-hydrogen) atoms. The number of carbonyl (C=O) groups is 1. The Hall–Kier alpha value is -1.88. The Morgan fingerprint density at radius 3 is 2.75 bits per heavy atom. The molecule has 1 atom stereocenters. The molecule has 0 aliphatic rings. The van der Waals surface area contributed by atoms with Crippen LogP contribution in [-0.2, 0) is 17.8 Å². The van der Waals surface area contributed by atoms with Crippen molar-refractivity contribution in [1.29, 1.82) is 0 Å². The van der Waals surface area contributed by atoms with Crippen LogP contribution < -0.4 is 11.5 Å². The molecule has 0 aliphatic carbocycles. The highest BCUT2D eigenvalue weighted by Gasteiger charge is 2.25. The summed E-state index contributed by atoms with van der Waals surface area (Å²) in [6.07, 6.45) is 2.44. The second-order valence-electron chi connectivity index (χ2n) is 5.45. The molecule has 0 aliphatic heterocycles. The van der Waals surface area contributed by atoms with Gasteiger partial charge in [0, 0.05) is 13.0 Å². The number of nitrogens with zero attached hydrogens (tertiary/aromatic N) is 2. The lowest BCUT2D eigenvalue weighted by Gasteiger charge is -2.21. The maximum absolute atomic E-state index is 11.3. The Kier molecular flexibility index (Phi) is 4.09. The topological polar surface area (TPSA) is 86.9 Å². The van der Waals surface area contributed by atoms with Crippen LogP contribution in [0, 0.1) is 0 Å². The highest BCUT2D eigenvalue weighted by molar-refractivity contribution is 5.83. The maximum atomic E-state index is 11.3. The van der Waals surface area contributed by atoms with E-state index in [9.17, 15) is 4.79 Å². The van der Waals surface area contributed by atoms with Crippen LogP contribution in [0.25, 0.3) is 11.0 Å². The summed E-state index contributed by atoms with van der Waals surface area (Å²) in [7, 11) is 0. The molecule has 1 amide bonds. The van der Waals surface area contributed by atoms with Crippen LogP contribution in [0.15, 0.2) is 24.3 Å². The van der Waals surface area contributed by atoms with E-state index in [1.807, 2.05) is 24.3 Å². The van der Waals surface area contributed by atoms with Gasteiger partial charge in [0.1, 0.15) is 5.82 Å². The molecule has 2 rings (SSSR count). The Balaban J connectivity index is 2.32. The van der Waals surface area contributed by atoms with Crippen molar-refractivity contribution in [3.05, 3.63) is 30.1 Å². The first-order valence-electron chi connectivity index (χ1n) is 6.98. The van der Waals surface area contributed by atoms with Gasteiger partial charge in [-0.15, -0.1) is 0 Å². The summed E-state index contributed by atoms with van der Waals surface area (Å²) in [5, 5.41) is 0. The van der Waals surface area contributed by atoms with Crippen LogP contribution in [0.3, 0.4) is 0 Å². The quantitative estimate of drug-likeness (QED) is 0.838. The Bertz CT molecular complexity index is 615. The minimum absolute atomic E-state index is 0.473. The van der Waals surface area contributed by atoms with Gasteiger partial charge in [0.2, 0.25) is 5.91 Å². The van der Waals surface area contributed by atoms with Gasteiger partial charge >= 0.3 is 0 Å². The minimum Gasteiger partial charge on any atom is -0.368 e. The number of para-hydroxylation sites is 2. The summed E-state index contributed by atoms with van der Waals surface area (Å²) >= 11 is 0. The highest BCUT2D eigenvalue weighted by Crippen LogP contribution is 2.19. The van der Waals surface area contributed by atoms with Crippen LogP contribution in [0.5, 0.6) is 0 Å². The third kappa shape index (κ3) is 2.82. The second-order valence-corrected chi connectivity index (χ2v) is 5.45. The number of rotatable bonds is 6. The zero-order valence-electron chi connectivity index (χ0n) is 12.1. The zero-order valence-corrected chi connectivity index (χ0v) is 12.1. The average Bonchev–Trinajstić information content (AvgIpc) is 2.74. The lowest BCUT2D eigenvalue weighted by molar-refractivity contribution is -0.122. The van der Waals surface area contributed by atoms with Crippen molar-refractivity contribution in [2.24, 2.45) is 11.5 Å². The molecule has 1 aromatic carbocycles. The predicted molar refractivity (Wildman–Crippen MR) is 80.1 cm³/mol. The summed E-state index contributed by atoms with van der Waals surface area (Å²) in [5.41, 5.74) is 12.3. The molecule has 0 fully saturated rings. The van der Waals surface area contributed by atoms with Gasteiger partial charge in [-0.05, 0) is 31.9 Å². The number of amides is 1. The average molecular weight is 274 g/mol. The fraction of sp³-hybridized carbons (Fsp3) is 0.467. The van der Waals surface area contributed by atoms with E-state index in [1.54, 1.807) is 6.92 Å². The van der Waals surface area contributed by atoms with E-state index >= 15 is 0 Å². The first-order chi connectivity index (χ1) is 9.45. The van der Waals surface area contributed by atoms with Crippen molar-refractivity contribution in [3.8, 4) is 0 Å². The molecule has 0 saturated heterocycles. The standard InChI is InChI=1S/C15H22N4O/c1-3-6-13-18-11-7-4-5-8-12(11)19(13)10-9-15(2,17)14(16)20/h4-5,7-8H,3,6,9-10,17H2,1-2H3,(H2,16,20). The van der Waals surface area contributed by atoms with Gasteiger partial charge in [0.15, 0.2) is 0 Å². The van der Waals surface area contributed by atoms with E-state index in [2.05, 4.69) is 16.5 Å². The Labute approximate surface area is 119 Å². The molecule has 1 heterocycles. The fourth-order valence-electron chi connectivity index (χ4n) is 2.26. The van der Waals surface area contributed by atoms with Gasteiger partial charge in [-0.25, -0.2) is 4.98 Å². The third-order valence-corrected chi connectivity index (χ3v) is 3.62. The SMILES string of the molecule is CCCc1nc2ccccc2n1CCC(C)(N)C(N)=O. The van der Waals surface area contributed by atoms with Crippen LogP contribution in [-0.4, -0.2) is 21.0 Å². The molecule has 0 saturated carbocycles. The van der Waals surface area contributed by atoms with E-state index < -0.39 is 11.4 Å². The number of aryl methyl sites for hydroxylation is 2. The Morgan fingerprint density at radius 2 is 2.10 bits per heavy atom. The molecule has 1 aromatic heterocycles. The van der Waals surface area contributed by atoms with Gasteiger partial charge in [-0.2, -0.15) is 0 Å². The first kappa shape index (κ1) is 14.5. The molecule has 1 unspecified atom stereocenters. The van der Waals surface area contributed by atoms with E-state index in [0.29, 0.717) is 13.0 Å². The van der Waals surface area contributed by atoms with Crippen LogP contribution in [0.1, 0.15) is 32.5 Å². The van der Waals surface area contributed by atoms with Crippen LogP contribution in [0.2, 0.25) is 0 Å². The number of aromatic nitrogens is 2. The molecule has 108 valence electrons. The number of nitrogens with two attached hydrogens (primary N) is 2. The molecule has 4 N–H and O–H groups in total. The van der Waals surface area contributed by atoms with E-state index in [1.165, 1.54) is 0 Å². The number of hydrogen-bond acceptors (Lipinski definition) is 3. The molecular formula is C15H22N4O. The monoisotopic (exact) mass is 274 g/mol. The van der Waals surface area contributed by atoms with Crippen molar-refractivity contribution in [1.82, 2.24) is 9.55 Å². The number of imidazole rings is 1. The smallest absolute Gasteiger partial charge is 0.237 e. The van der Waals surface area contributed by atoms with Gasteiger partial charge in [0.05, 0.1) is 16.6 Å². The molecule has 5 nitrogen and oxygen atoms in total. The third-order valence-electron chi connectivity index (χ3n) is 3.62. The van der Waals surface area contributed by atoms with E-state index in [-0.39, 0.29) is 0 Å². The summed E-state index contributed by atoms with van der Waals surface area (Å²) in [4.78, 5) is 16.0. The summed E-state index contributed by atoms with van der Waals surface area (Å²) < 4.78 is 2.15.